The van der Waals surface area contributed by atoms with E-state index >= 15 is 0 Å². The average molecular weight is 498 g/mol. The molecule has 2 heterocycles. The molecule has 0 spiro atoms. The maximum atomic E-state index is 12.7. The van der Waals surface area contributed by atoms with Gasteiger partial charge in [-0.25, -0.2) is 9.59 Å². The standard InChI is InChI=1S/C30H43NO5/c1-28-13-10-22(36-27(33)31-16-4-3-5-17-31)18-21(28)7-8-25-24(28)11-14-29(2)23(12-15-30(25,29)34)20-6-9-26(32)35-19-20/h6,9,19,21-25,34H,3-5,7-8,10-18H2,1-2H3/t21-,22+,23-,24+,25-,28+,29-,30+/m1/s1. The Morgan fingerprint density at radius 2 is 1.81 bits per heavy atom. The number of likely N-dealkylation sites (tertiary alicyclic amines) is 1. The van der Waals surface area contributed by atoms with Gasteiger partial charge in [-0.2, -0.15) is 0 Å². The molecular formula is C30H43NO5. The van der Waals surface area contributed by atoms with Gasteiger partial charge < -0.3 is 19.2 Å². The van der Waals surface area contributed by atoms with E-state index in [0.29, 0.717) is 17.8 Å². The predicted octanol–water partition coefficient (Wildman–Crippen LogP) is 5.87. The molecule has 1 saturated heterocycles. The summed E-state index contributed by atoms with van der Waals surface area (Å²) in [6.45, 7) is 6.44. The Morgan fingerprint density at radius 1 is 1.00 bits per heavy atom. The number of carbonyl (C=O) groups excluding carboxylic acids is 1. The third kappa shape index (κ3) is 3.68. The third-order valence-corrected chi connectivity index (χ3v) is 11.8. The molecule has 0 bridgehead atoms. The monoisotopic (exact) mass is 497 g/mol. The van der Waals surface area contributed by atoms with E-state index in [1.54, 1.807) is 6.26 Å². The summed E-state index contributed by atoms with van der Waals surface area (Å²) >= 11 is 0. The highest BCUT2D eigenvalue weighted by Gasteiger charge is 2.67. The summed E-state index contributed by atoms with van der Waals surface area (Å²) in [7, 11) is 0. The van der Waals surface area contributed by atoms with Crippen LogP contribution in [0.1, 0.15) is 102 Å². The Kier molecular flexibility index (Phi) is 6.05. The zero-order valence-corrected chi connectivity index (χ0v) is 22.0. The first-order valence-corrected chi connectivity index (χ1v) is 14.5. The first kappa shape index (κ1) is 24.5. The van der Waals surface area contributed by atoms with Crippen LogP contribution in [0.5, 0.6) is 0 Å². The second-order valence-corrected chi connectivity index (χ2v) is 13.2. The van der Waals surface area contributed by atoms with Gasteiger partial charge in [0.15, 0.2) is 0 Å². The van der Waals surface area contributed by atoms with Crippen LogP contribution in [0.25, 0.3) is 0 Å². The normalized spacial score (nSPS) is 44.3. The number of piperidine rings is 1. The topological polar surface area (TPSA) is 80.0 Å². The Balaban J connectivity index is 1.17. The van der Waals surface area contributed by atoms with Gasteiger partial charge in [0.05, 0.1) is 11.9 Å². The van der Waals surface area contributed by atoms with Crippen LogP contribution in [0, 0.1) is 28.6 Å². The van der Waals surface area contributed by atoms with Crippen molar-refractivity contribution >= 4 is 6.09 Å². The zero-order chi connectivity index (χ0) is 25.1. The molecule has 1 aromatic heterocycles. The summed E-state index contributed by atoms with van der Waals surface area (Å²) in [5.74, 6) is 1.61. The molecule has 0 unspecified atom stereocenters. The van der Waals surface area contributed by atoms with Gasteiger partial charge in [0, 0.05) is 24.6 Å². The smallest absolute Gasteiger partial charge is 0.410 e. The summed E-state index contributed by atoms with van der Waals surface area (Å²) in [4.78, 5) is 26.2. The van der Waals surface area contributed by atoms with Crippen molar-refractivity contribution in [2.24, 2.45) is 28.6 Å². The number of rotatable bonds is 2. The number of aliphatic hydroxyl groups is 1. The summed E-state index contributed by atoms with van der Waals surface area (Å²) < 4.78 is 11.3. The number of carbonyl (C=O) groups is 1. The summed E-state index contributed by atoms with van der Waals surface area (Å²) in [6, 6.07) is 3.43. The van der Waals surface area contributed by atoms with Crippen LogP contribution in [0.15, 0.2) is 27.6 Å². The minimum Gasteiger partial charge on any atom is -0.446 e. The Hall–Kier alpha value is -1.82. The van der Waals surface area contributed by atoms with Crippen molar-refractivity contribution in [1.29, 1.82) is 0 Å². The number of amides is 1. The molecule has 4 aliphatic carbocycles. The number of hydrogen-bond acceptors (Lipinski definition) is 5. The Labute approximate surface area is 214 Å². The first-order valence-electron chi connectivity index (χ1n) is 14.5. The van der Waals surface area contributed by atoms with E-state index in [1.807, 2.05) is 11.0 Å². The third-order valence-electron chi connectivity index (χ3n) is 11.8. The van der Waals surface area contributed by atoms with Crippen LogP contribution in [-0.2, 0) is 4.74 Å². The van der Waals surface area contributed by atoms with Crippen LogP contribution < -0.4 is 5.63 Å². The van der Waals surface area contributed by atoms with Crippen LogP contribution in [-0.4, -0.2) is 40.9 Å². The molecule has 4 saturated carbocycles. The highest BCUT2D eigenvalue weighted by atomic mass is 16.6. The van der Waals surface area contributed by atoms with E-state index in [1.165, 1.54) is 12.5 Å². The van der Waals surface area contributed by atoms with Crippen LogP contribution >= 0.6 is 0 Å². The van der Waals surface area contributed by atoms with Gasteiger partial charge in [-0.1, -0.05) is 13.8 Å². The molecule has 6 nitrogen and oxygen atoms in total. The maximum Gasteiger partial charge on any atom is 0.410 e. The van der Waals surface area contributed by atoms with Gasteiger partial charge in [-0.05, 0) is 118 Å². The number of ether oxygens (including phenoxy) is 1. The van der Waals surface area contributed by atoms with Crippen molar-refractivity contribution in [2.45, 2.75) is 109 Å². The van der Waals surface area contributed by atoms with E-state index in [-0.39, 0.29) is 34.6 Å². The predicted molar refractivity (Wildman–Crippen MR) is 137 cm³/mol. The van der Waals surface area contributed by atoms with E-state index in [4.69, 9.17) is 9.15 Å². The second-order valence-electron chi connectivity index (χ2n) is 13.2. The second kappa shape index (κ2) is 8.89. The molecule has 5 aliphatic rings. The van der Waals surface area contributed by atoms with Crippen LogP contribution in [0.2, 0.25) is 0 Å². The van der Waals surface area contributed by atoms with E-state index < -0.39 is 5.60 Å². The van der Waals surface area contributed by atoms with Crippen molar-refractivity contribution in [3.63, 3.8) is 0 Å². The van der Waals surface area contributed by atoms with Gasteiger partial charge in [0.2, 0.25) is 0 Å². The first-order chi connectivity index (χ1) is 17.2. The molecule has 1 N–H and O–H groups in total. The van der Waals surface area contributed by atoms with E-state index in [9.17, 15) is 14.7 Å². The molecule has 1 amide bonds. The number of fused-ring (bicyclic) bond motifs is 5. The van der Waals surface area contributed by atoms with Crippen molar-refractivity contribution in [2.75, 3.05) is 13.1 Å². The average Bonchev–Trinajstić information content (AvgIpc) is 3.16. The molecular weight excluding hydrogens is 454 g/mol. The molecule has 6 rings (SSSR count). The minimum atomic E-state index is -0.678. The molecule has 1 aromatic rings. The number of hydrogen-bond donors (Lipinski definition) is 1. The lowest BCUT2D eigenvalue weighted by Crippen LogP contribution is -2.62. The molecule has 1 aliphatic heterocycles. The van der Waals surface area contributed by atoms with Gasteiger partial charge >= 0.3 is 11.7 Å². The summed E-state index contributed by atoms with van der Waals surface area (Å²) in [5, 5.41) is 12.4. The lowest BCUT2D eigenvalue weighted by Gasteiger charge is -2.63. The van der Waals surface area contributed by atoms with E-state index in [2.05, 4.69) is 13.8 Å². The van der Waals surface area contributed by atoms with Gasteiger partial charge in [0.25, 0.3) is 0 Å². The fourth-order valence-electron chi connectivity index (χ4n) is 9.69. The fourth-order valence-corrected chi connectivity index (χ4v) is 9.69. The van der Waals surface area contributed by atoms with Crippen molar-refractivity contribution in [1.82, 2.24) is 4.90 Å². The molecule has 0 radical (unpaired) electrons. The molecule has 6 heteroatoms. The maximum absolute atomic E-state index is 12.7. The molecule has 198 valence electrons. The molecule has 0 aromatic carbocycles. The lowest BCUT2D eigenvalue weighted by atomic mass is 9.43. The van der Waals surface area contributed by atoms with Gasteiger partial charge in [-0.15, -0.1) is 0 Å². The highest BCUT2D eigenvalue weighted by molar-refractivity contribution is 5.67. The van der Waals surface area contributed by atoms with E-state index in [0.717, 1.165) is 89.3 Å². The quantitative estimate of drug-likeness (QED) is 0.553. The molecule has 36 heavy (non-hydrogen) atoms. The summed E-state index contributed by atoms with van der Waals surface area (Å²) in [6.07, 6.45) is 14.0. The Morgan fingerprint density at radius 3 is 2.56 bits per heavy atom. The van der Waals surface area contributed by atoms with Crippen molar-refractivity contribution in [3.05, 3.63) is 34.4 Å². The van der Waals surface area contributed by atoms with Crippen LogP contribution in [0.4, 0.5) is 4.79 Å². The zero-order valence-electron chi connectivity index (χ0n) is 22.0. The van der Waals surface area contributed by atoms with Gasteiger partial charge in [0.1, 0.15) is 6.10 Å². The van der Waals surface area contributed by atoms with Crippen molar-refractivity contribution in [3.8, 4) is 0 Å². The lowest BCUT2D eigenvalue weighted by molar-refractivity contribution is -0.205. The highest BCUT2D eigenvalue weighted by Crippen LogP contribution is 2.70. The molecule has 8 atom stereocenters. The summed E-state index contributed by atoms with van der Waals surface area (Å²) in [5.41, 5.74) is 0.0681. The molecule has 5 fully saturated rings. The largest absolute Gasteiger partial charge is 0.446 e. The Bertz CT molecular complexity index is 1030. The van der Waals surface area contributed by atoms with Crippen LogP contribution in [0.3, 0.4) is 0 Å². The SMILES string of the molecule is C[C@]12CC[C@H](OC(=O)N3CCCCC3)C[C@H]1CC[C@@H]1[C@@H]2CC[C@]2(C)[C@@H](c3ccc(=O)oc3)CC[C@]12O. The van der Waals surface area contributed by atoms with Crippen molar-refractivity contribution < 1.29 is 19.1 Å². The number of nitrogens with zero attached hydrogens (tertiary/aromatic N) is 1. The fraction of sp³-hybridized carbons (Fsp3) is 0.800. The van der Waals surface area contributed by atoms with Gasteiger partial charge in [-0.3, -0.25) is 0 Å². The minimum absolute atomic E-state index is 0.0367.